The molecule has 8 heteroatoms. The number of benzene rings is 3. The number of aliphatic imine (C=N–C) groups is 1. The third kappa shape index (κ3) is 5.49. The number of halogens is 1. The second kappa shape index (κ2) is 10.2. The van der Waals surface area contributed by atoms with E-state index in [-0.39, 0.29) is 18.2 Å². The summed E-state index contributed by atoms with van der Waals surface area (Å²) < 4.78 is 0.858. The number of amides is 2. The zero-order chi connectivity index (χ0) is 25.1. The fraction of sp³-hybridized carbons (Fsp3) is 0.185. The number of carbonyl (C=O) groups excluding carboxylic acids is 2. The van der Waals surface area contributed by atoms with Crippen molar-refractivity contribution in [3.63, 3.8) is 0 Å². The smallest absolute Gasteiger partial charge is 0.303 e. The number of hydrogen-bond acceptors (Lipinski definition) is 4. The zero-order valence-electron chi connectivity index (χ0n) is 19.3. The highest BCUT2D eigenvalue weighted by atomic mass is 79.9. The van der Waals surface area contributed by atoms with Crippen molar-refractivity contribution in [1.82, 2.24) is 0 Å². The van der Waals surface area contributed by atoms with Crippen molar-refractivity contribution in [2.75, 3.05) is 17.3 Å². The Labute approximate surface area is 211 Å². The van der Waals surface area contributed by atoms with E-state index in [2.05, 4.69) is 21.2 Å². The van der Waals surface area contributed by atoms with Crippen molar-refractivity contribution >= 4 is 56.5 Å². The maximum Gasteiger partial charge on any atom is 0.303 e. The highest BCUT2D eigenvalue weighted by Crippen LogP contribution is 2.38. The molecule has 7 nitrogen and oxygen atoms in total. The standard InChI is InChI=1S/C27H24BrN3O4/c1-16(32)31(2)21-10-8-20(9-11-21)29-26(18-5-3-4-17(14-18)6-13-24(33)34)25-22-12-7-19(28)15-23(22)30-27(25)35/h3-5,7-12,14-15,25H,6,13H2,1-2H3,(H,30,35)(H,33,34). The summed E-state index contributed by atoms with van der Waals surface area (Å²) >= 11 is 3.45. The highest BCUT2D eigenvalue weighted by Gasteiger charge is 2.35. The van der Waals surface area contributed by atoms with Crippen molar-refractivity contribution in [2.24, 2.45) is 4.99 Å². The minimum atomic E-state index is -0.866. The molecule has 1 aliphatic heterocycles. The first-order valence-corrected chi connectivity index (χ1v) is 11.9. The van der Waals surface area contributed by atoms with Crippen LogP contribution in [0.4, 0.5) is 17.1 Å². The third-order valence-electron chi connectivity index (χ3n) is 5.93. The van der Waals surface area contributed by atoms with Gasteiger partial charge < -0.3 is 15.3 Å². The molecule has 1 unspecified atom stereocenters. The first-order valence-electron chi connectivity index (χ1n) is 11.1. The Morgan fingerprint density at radius 2 is 1.83 bits per heavy atom. The zero-order valence-corrected chi connectivity index (χ0v) is 20.9. The first-order chi connectivity index (χ1) is 16.7. The van der Waals surface area contributed by atoms with Crippen LogP contribution in [0, 0.1) is 0 Å². The molecule has 0 saturated heterocycles. The fourth-order valence-corrected chi connectivity index (χ4v) is 4.37. The van der Waals surface area contributed by atoms with Crippen LogP contribution in [-0.2, 0) is 20.8 Å². The van der Waals surface area contributed by atoms with E-state index in [0.717, 1.165) is 32.5 Å². The molecule has 0 fully saturated rings. The molecule has 3 aromatic carbocycles. The average molecular weight is 534 g/mol. The SMILES string of the molecule is CC(=O)N(C)c1ccc(N=C(c2cccc(CCC(=O)O)c2)C2C(=O)Nc3cc(Br)ccc32)cc1. The van der Waals surface area contributed by atoms with Gasteiger partial charge in [0.1, 0.15) is 5.92 Å². The minimum Gasteiger partial charge on any atom is -0.481 e. The molecule has 1 aliphatic rings. The van der Waals surface area contributed by atoms with Crippen molar-refractivity contribution in [2.45, 2.75) is 25.7 Å². The van der Waals surface area contributed by atoms with Crippen molar-refractivity contribution in [1.29, 1.82) is 0 Å². The summed E-state index contributed by atoms with van der Waals surface area (Å²) in [6.45, 7) is 1.50. The Morgan fingerprint density at radius 3 is 2.51 bits per heavy atom. The van der Waals surface area contributed by atoms with E-state index in [9.17, 15) is 14.4 Å². The van der Waals surface area contributed by atoms with E-state index >= 15 is 0 Å². The van der Waals surface area contributed by atoms with Gasteiger partial charge in [-0.15, -0.1) is 0 Å². The van der Waals surface area contributed by atoms with E-state index < -0.39 is 11.9 Å². The maximum atomic E-state index is 13.1. The largest absolute Gasteiger partial charge is 0.481 e. The Bertz CT molecular complexity index is 1330. The van der Waals surface area contributed by atoms with Gasteiger partial charge >= 0.3 is 5.97 Å². The minimum absolute atomic E-state index is 0.0157. The molecule has 0 radical (unpaired) electrons. The lowest BCUT2D eigenvalue weighted by atomic mass is 9.89. The molecule has 0 spiro atoms. The van der Waals surface area contributed by atoms with Gasteiger partial charge in [-0.05, 0) is 65.6 Å². The lowest BCUT2D eigenvalue weighted by molar-refractivity contribution is -0.137. The van der Waals surface area contributed by atoms with E-state index in [0.29, 0.717) is 17.8 Å². The van der Waals surface area contributed by atoms with E-state index in [1.54, 1.807) is 36.2 Å². The summed E-state index contributed by atoms with van der Waals surface area (Å²) in [6, 6.07) is 20.4. The molecule has 0 aromatic heterocycles. The molecule has 2 N–H and O–H groups in total. The molecule has 2 amide bonds. The molecule has 1 heterocycles. The van der Waals surface area contributed by atoms with Gasteiger partial charge in [0.15, 0.2) is 0 Å². The number of nitrogens with one attached hydrogen (secondary N) is 1. The summed E-state index contributed by atoms with van der Waals surface area (Å²) in [4.78, 5) is 42.3. The number of rotatable bonds is 7. The number of carbonyl (C=O) groups is 3. The Kier molecular flexibility index (Phi) is 7.12. The van der Waals surface area contributed by atoms with Gasteiger partial charge in [0.25, 0.3) is 0 Å². The Morgan fingerprint density at radius 1 is 1.09 bits per heavy atom. The molecular formula is C27H24BrN3O4. The average Bonchev–Trinajstić information content (AvgIpc) is 3.15. The Hall–Kier alpha value is -3.78. The van der Waals surface area contributed by atoms with Crippen molar-refractivity contribution in [3.05, 3.63) is 87.9 Å². The van der Waals surface area contributed by atoms with Gasteiger partial charge in [-0.25, -0.2) is 0 Å². The number of aliphatic carboxylic acids is 1. The molecule has 0 aliphatic carbocycles. The van der Waals surface area contributed by atoms with Crippen LogP contribution < -0.4 is 10.2 Å². The molecule has 3 aromatic rings. The summed E-state index contributed by atoms with van der Waals surface area (Å²) in [5.74, 6) is -1.76. The molecule has 0 bridgehead atoms. The van der Waals surface area contributed by atoms with Crippen LogP contribution in [0.5, 0.6) is 0 Å². The lowest BCUT2D eigenvalue weighted by Gasteiger charge is -2.16. The highest BCUT2D eigenvalue weighted by molar-refractivity contribution is 9.10. The fourth-order valence-electron chi connectivity index (χ4n) is 4.01. The van der Waals surface area contributed by atoms with Crippen LogP contribution >= 0.6 is 15.9 Å². The predicted molar refractivity (Wildman–Crippen MR) is 140 cm³/mol. The second-order valence-electron chi connectivity index (χ2n) is 8.34. The number of carboxylic acids is 1. The second-order valence-corrected chi connectivity index (χ2v) is 9.26. The number of aryl methyl sites for hydroxylation is 1. The quantitative estimate of drug-likeness (QED) is 0.402. The van der Waals surface area contributed by atoms with E-state index in [4.69, 9.17) is 10.1 Å². The monoisotopic (exact) mass is 533 g/mol. The van der Waals surface area contributed by atoms with Gasteiger partial charge in [-0.1, -0.05) is 40.2 Å². The number of carboxylic acid groups (broad SMARTS) is 1. The molecule has 35 heavy (non-hydrogen) atoms. The number of nitrogens with zero attached hydrogens (tertiary/aromatic N) is 2. The number of anilines is 2. The van der Waals surface area contributed by atoms with Crippen LogP contribution in [0.2, 0.25) is 0 Å². The number of fused-ring (bicyclic) bond motifs is 1. The molecule has 1 atom stereocenters. The molecular weight excluding hydrogens is 510 g/mol. The van der Waals surface area contributed by atoms with E-state index in [1.165, 1.54) is 6.92 Å². The van der Waals surface area contributed by atoms with Gasteiger partial charge in [0, 0.05) is 36.2 Å². The molecule has 178 valence electrons. The van der Waals surface area contributed by atoms with Crippen LogP contribution in [-0.4, -0.2) is 35.6 Å². The van der Waals surface area contributed by atoms with Crippen molar-refractivity contribution in [3.8, 4) is 0 Å². The summed E-state index contributed by atoms with van der Waals surface area (Å²) in [5, 5.41) is 12.0. The van der Waals surface area contributed by atoms with E-state index in [1.807, 2.05) is 42.5 Å². The van der Waals surface area contributed by atoms with Crippen LogP contribution in [0.1, 0.15) is 36.0 Å². The van der Waals surface area contributed by atoms with Crippen molar-refractivity contribution < 1.29 is 19.5 Å². The topological polar surface area (TPSA) is 99.1 Å². The van der Waals surface area contributed by atoms with Crippen LogP contribution in [0.25, 0.3) is 0 Å². The lowest BCUT2D eigenvalue weighted by Crippen LogP contribution is -2.22. The van der Waals surface area contributed by atoms with Gasteiger partial charge in [-0.3, -0.25) is 19.4 Å². The van der Waals surface area contributed by atoms with Gasteiger partial charge in [0.05, 0.1) is 11.4 Å². The van der Waals surface area contributed by atoms with Gasteiger partial charge in [-0.2, -0.15) is 0 Å². The summed E-state index contributed by atoms with van der Waals surface area (Å²) in [7, 11) is 1.70. The predicted octanol–water partition coefficient (Wildman–Crippen LogP) is 5.31. The Balaban J connectivity index is 1.80. The summed E-state index contributed by atoms with van der Waals surface area (Å²) in [5.41, 5.74) is 5.08. The molecule has 4 rings (SSSR count). The van der Waals surface area contributed by atoms with Crippen LogP contribution in [0.3, 0.4) is 0 Å². The normalized spacial score (nSPS) is 14.9. The van der Waals surface area contributed by atoms with Gasteiger partial charge in [0.2, 0.25) is 11.8 Å². The van der Waals surface area contributed by atoms with Crippen LogP contribution in [0.15, 0.2) is 76.2 Å². The number of hydrogen-bond donors (Lipinski definition) is 2. The third-order valence-corrected chi connectivity index (χ3v) is 6.42. The summed E-state index contributed by atoms with van der Waals surface area (Å²) in [6.07, 6.45) is 0.394. The maximum absolute atomic E-state index is 13.1. The first kappa shape index (κ1) is 24.3. The molecule has 0 saturated carbocycles.